The van der Waals surface area contributed by atoms with Gasteiger partial charge < -0.3 is 19.0 Å². The summed E-state index contributed by atoms with van der Waals surface area (Å²) in [7, 11) is 3.28. The van der Waals surface area contributed by atoms with E-state index in [1.165, 1.54) is 0 Å². The number of ether oxygens (including phenoxy) is 2. The van der Waals surface area contributed by atoms with Gasteiger partial charge in [-0.1, -0.05) is 13.8 Å². The fourth-order valence-electron chi connectivity index (χ4n) is 2.68. The zero-order valence-electron chi connectivity index (χ0n) is 12.7. The van der Waals surface area contributed by atoms with Crippen LogP contribution in [0.25, 0.3) is 11.0 Å². The van der Waals surface area contributed by atoms with Crippen LogP contribution in [0, 0.1) is 10.7 Å². The number of aromatic nitrogens is 2. The van der Waals surface area contributed by atoms with Crippen LogP contribution in [0.1, 0.15) is 33.2 Å². The van der Waals surface area contributed by atoms with E-state index in [-0.39, 0.29) is 0 Å². The molecule has 5 heteroatoms. The number of nitrogens with one attached hydrogen (secondary N) is 1. The molecular formula is C15H22N2O2S. The van der Waals surface area contributed by atoms with E-state index in [2.05, 4.69) is 30.3 Å². The van der Waals surface area contributed by atoms with Crippen LogP contribution in [-0.2, 0) is 0 Å². The molecule has 0 radical (unpaired) electrons. The predicted molar refractivity (Wildman–Crippen MR) is 84.4 cm³/mol. The average molecular weight is 294 g/mol. The molecule has 0 amide bonds. The first-order chi connectivity index (χ1) is 9.47. The van der Waals surface area contributed by atoms with Gasteiger partial charge in [0, 0.05) is 18.2 Å². The van der Waals surface area contributed by atoms with Gasteiger partial charge in [0.2, 0.25) is 0 Å². The molecule has 4 nitrogen and oxygen atoms in total. The lowest BCUT2D eigenvalue weighted by molar-refractivity contribution is 0.355. The molecule has 0 aliphatic carbocycles. The van der Waals surface area contributed by atoms with Gasteiger partial charge in [0.15, 0.2) is 16.3 Å². The van der Waals surface area contributed by atoms with Crippen LogP contribution in [0.15, 0.2) is 12.1 Å². The number of H-pyrrole nitrogens is 1. The van der Waals surface area contributed by atoms with Crippen molar-refractivity contribution in [1.29, 1.82) is 0 Å². The zero-order valence-corrected chi connectivity index (χ0v) is 13.5. The Morgan fingerprint density at radius 2 is 1.75 bits per heavy atom. The molecule has 1 unspecified atom stereocenters. The second-order valence-electron chi connectivity index (χ2n) is 5.50. The summed E-state index contributed by atoms with van der Waals surface area (Å²) < 4.78 is 13.6. The Bertz CT molecular complexity index is 658. The van der Waals surface area contributed by atoms with Crippen molar-refractivity contribution in [2.45, 2.75) is 33.2 Å². The number of benzene rings is 1. The van der Waals surface area contributed by atoms with Gasteiger partial charge in [-0.3, -0.25) is 0 Å². The van der Waals surface area contributed by atoms with E-state index in [9.17, 15) is 0 Å². The summed E-state index contributed by atoms with van der Waals surface area (Å²) in [6.45, 7) is 6.64. The van der Waals surface area contributed by atoms with Gasteiger partial charge in [0.1, 0.15) is 0 Å². The van der Waals surface area contributed by atoms with E-state index in [0.29, 0.717) is 17.7 Å². The molecule has 1 heterocycles. The molecule has 0 saturated heterocycles. The summed E-state index contributed by atoms with van der Waals surface area (Å²) in [6.07, 6.45) is 1.08. The van der Waals surface area contributed by atoms with Crippen molar-refractivity contribution in [3.05, 3.63) is 16.9 Å². The summed E-state index contributed by atoms with van der Waals surface area (Å²) in [5, 5.41) is 0. The third-order valence-corrected chi connectivity index (χ3v) is 3.77. The molecule has 1 atom stereocenters. The summed E-state index contributed by atoms with van der Waals surface area (Å²) in [5.74, 6) is 2.05. The van der Waals surface area contributed by atoms with Gasteiger partial charge in [0.25, 0.3) is 0 Å². The van der Waals surface area contributed by atoms with Gasteiger partial charge in [-0.05, 0) is 31.5 Å². The highest BCUT2D eigenvalue weighted by atomic mass is 32.1. The van der Waals surface area contributed by atoms with Crippen LogP contribution in [0.4, 0.5) is 0 Å². The largest absolute Gasteiger partial charge is 0.493 e. The molecule has 0 saturated carbocycles. The number of hydrogen-bond donors (Lipinski definition) is 1. The Morgan fingerprint density at radius 1 is 1.15 bits per heavy atom. The molecular weight excluding hydrogens is 272 g/mol. The minimum Gasteiger partial charge on any atom is -0.493 e. The van der Waals surface area contributed by atoms with Crippen molar-refractivity contribution in [3.8, 4) is 11.5 Å². The number of methoxy groups -OCH3 is 2. The molecule has 1 N–H and O–H groups in total. The molecule has 0 fully saturated rings. The number of hydrogen-bond acceptors (Lipinski definition) is 3. The number of imidazole rings is 1. The van der Waals surface area contributed by atoms with Crippen LogP contribution >= 0.6 is 12.2 Å². The summed E-state index contributed by atoms with van der Waals surface area (Å²) >= 11 is 5.47. The van der Waals surface area contributed by atoms with Gasteiger partial charge in [0.05, 0.1) is 25.3 Å². The first-order valence-electron chi connectivity index (χ1n) is 6.84. The Labute approximate surface area is 124 Å². The summed E-state index contributed by atoms with van der Waals surface area (Å²) in [6, 6.07) is 4.26. The van der Waals surface area contributed by atoms with Crippen molar-refractivity contribution >= 4 is 23.3 Å². The summed E-state index contributed by atoms with van der Waals surface area (Å²) in [5.41, 5.74) is 2.03. The lowest BCUT2D eigenvalue weighted by Gasteiger charge is -2.17. The normalized spacial score (nSPS) is 12.9. The van der Waals surface area contributed by atoms with Crippen molar-refractivity contribution in [2.24, 2.45) is 5.92 Å². The minimum absolute atomic E-state index is 0.342. The Kier molecular flexibility index (Phi) is 4.38. The second-order valence-corrected chi connectivity index (χ2v) is 5.89. The van der Waals surface area contributed by atoms with Crippen LogP contribution in [-0.4, -0.2) is 23.8 Å². The van der Waals surface area contributed by atoms with Crippen LogP contribution in [0.2, 0.25) is 0 Å². The monoisotopic (exact) mass is 294 g/mol. The van der Waals surface area contributed by atoms with Gasteiger partial charge in [-0.2, -0.15) is 0 Å². The first-order valence-corrected chi connectivity index (χ1v) is 7.25. The third kappa shape index (κ3) is 2.68. The van der Waals surface area contributed by atoms with Crippen molar-refractivity contribution in [1.82, 2.24) is 9.55 Å². The molecule has 110 valence electrons. The van der Waals surface area contributed by atoms with Crippen LogP contribution in [0.3, 0.4) is 0 Å². The molecule has 20 heavy (non-hydrogen) atoms. The number of aromatic amines is 1. The van der Waals surface area contributed by atoms with Gasteiger partial charge >= 0.3 is 0 Å². The van der Waals surface area contributed by atoms with E-state index >= 15 is 0 Å². The number of nitrogens with zero attached hydrogens (tertiary/aromatic N) is 1. The van der Waals surface area contributed by atoms with E-state index in [4.69, 9.17) is 21.7 Å². The molecule has 2 aromatic rings. The topological polar surface area (TPSA) is 39.2 Å². The van der Waals surface area contributed by atoms with E-state index in [1.807, 2.05) is 12.1 Å². The maximum absolute atomic E-state index is 5.47. The molecule has 0 aliphatic heterocycles. The maximum Gasteiger partial charge on any atom is 0.178 e. The smallest absolute Gasteiger partial charge is 0.178 e. The van der Waals surface area contributed by atoms with Gasteiger partial charge in [-0.15, -0.1) is 0 Å². The van der Waals surface area contributed by atoms with Crippen LogP contribution in [0.5, 0.6) is 11.5 Å². The highest BCUT2D eigenvalue weighted by Gasteiger charge is 2.15. The van der Waals surface area contributed by atoms with Crippen molar-refractivity contribution in [3.63, 3.8) is 0 Å². The molecule has 1 aromatic heterocycles. The molecule has 1 aromatic carbocycles. The minimum atomic E-state index is 0.342. The van der Waals surface area contributed by atoms with E-state index in [0.717, 1.165) is 28.0 Å². The average Bonchev–Trinajstić information content (AvgIpc) is 2.70. The van der Waals surface area contributed by atoms with E-state index < -0.39 is 0 Å². The third-order valence-electron chi connectivity index (χ3n) is 3.48. The SMILES string of the molecule is COc1cc2[nH]c(=S)n(C(C)CC(C)C)c2cc1OC. The quantitative estimate of drug-likeness (QED) is 0.835. The van der Waals surface area contributed by atoms with Crippen LogP contribution < -0.4 is 9.47 Å². The highest BCUT2D eigenvalue weighted by Crippen LogP contribution is 2.33. The molecule has 2 rings (SSSR count). The van der Waals surface area contributed by atoms with Crippen molar-refractivity contribution in [2.75, 3.05) is 14.2 Å². The zero-order chi connectivity index (χ0) is 14.9. The Morgan fingerprint density at radius 3 is 2.30 bits per heavy atom. The Hall–Kier alpha value is -1.49. The molecule has 0 bridgehead atoms. The molecule has 0 aliphatic rings. The van der Waals surface area contributed by atoms with Gasteiger partial charge in [-0.25, -0.2) is 0 Å². The number of fused-ring (bicyclic) bond motifs is 1. The Balaban J connectivity index is 2.60. The standard InChI is InChI=1S/C15H22N2O2S/c1-9(2)6-10(3)17-12-8-14(19-5)13(18-4)7-11(12)16-15(17)20/h7-10H,6H2,1-5H3,(H,16,20). The second kappa shape index (κ2) is 5.87. The van der Waals surface area contributed by atoms with E-state index in [1.54, 1.807) is 14.2 Å². The fraction of sp³-hybridized carbons (Fsp3) is 0.533. The first kappa shape index (κ1) is 14.9. The lowest BCUT2D eigenvalue weighted by atomic mass is 10.1. The van der Waals surface area contributed by atoms with Crippen molar-refractivity contribution < 1.29 is 9.47 Å². The predicted octanol–water partition coefficient (Wildman–Crippen LogP) is 4.32. The maximum atomic E-state index is 5.47. The summed E-state index contributed by atoms with van der Waals surface area (Å²) in [4.78, 5) is 3.25. The number of rotatable bonds is 5. The highest BCUT2D eigenvalue weighted by molar-refractivity contribution is 7.71. The fourth-order valence-corrected chi connectivity index (χ4v) is 3.07. The molecule has 0 spiro atoms. The lowest BCUT2D eigenvalue weighted by Crippen LogP contribution is -2.08.